The van der Waals surface area contributed by atoms with E-state index >= 15 is 0 Å². The van der Waals surface area contributed by atoms with Gasteiger partial charge in [0, 0.05) is 16.6 Å². The van der Waals surface area contributed by atoms with E-state index in [0.29, 0.717) is 22.5 Å². The van der Waals surface area contributed by atoms with Crippen molar-refractivity contribution in [3.63, 3.8) is 0 Å². The SMILES string of the molecule is Cc1[nH]c(=O)c(-c2cc3ccccc3[nH]2)cc1C(N)=O. The largest absolute Gasteiger partial charge is 0.366 e. The number of carbonyl (C=O) groups excluding carboxylic acids is 1. The Morgan fingerprint density at radius 3 is 2.60 bits per heavy atom. The van der Waals surface area contributed by atoms with E-state index in [1.807, 2.05) is 30.3 Å². The first-order valence-electron chi connectivity index (χ1n) is 6.18. The Kier molecular flexibility index (Phi) is 2.68. The summed E-state index contributed by atoms with van der Waals surface area (Å²) in [4.78, 5) is 29.3. The van der Waals surface area contributed by atoms with Crippen molar-refractivity contribution < 1.29 is 4.79 Å². The number of benzene rings is 1. The van der Waals surface area contributed by atoms with E-state index in [2.05, 4.69) is 9.97 Å². The van der Waals surface area contributed by atoms with Crippen molar-refractivity contribution >= 4 is 16.8 Å². The van der Waals surface area contributed by atoms with Crippen molar-refractivity contribution in [2.75, 3.05) is 0 Å². The first-order chi connectivity index (χ1) is 9.56. The Morgan fingerprint density at radius 1 is 1.15 bits per heavy atom. The van der Waals surface area contributed by atoms with Gasteiger partial charge in [-0.3, -0.25) is 9.59 Å². The quantitative estimate of drug-likeness (QED) is 0.662. The van der Waals surface area contributed by atoms with E-state index < -0.39 is 5.91 Å². The number of fused-ring (bicyclic) bond motifs is 1. The van der Waals surface area contributed by atoms with Crippen LogP contribution in [0.15, 0.2) is 41.2 Å². The number of aryl methyl sites for hydroxylation is 1. The third kappa shape index (κ3) is 1.89. The Morgan fingerprint density at radius 2 is 1.90 bits per heavy atom. The van der Waals surface area contributed by atoms with Gasteiger partial charge in [-0.2, -0.15) is 0 Å². The molecule has 0 bridgehead atoms. The molecule has 0 fully saturated rings. The number of hydrogen-bond acceptors (Lipinski definition) is 2. The number of para-hydroxylation sites is 1. The molecule has 3 rings (SSSR count). The van der Waals surface area contributed by atoms with Gasteiger partial charge in [0.25, 0.3) is 5.56 Å². The lowest BCUT2D eigenvalue weighted by molar-refractivity contribution is 0.0999. The van der Waals surface area contributed by atoms with Crippen LogP contribution < -0.4 is 11.3 Å². The minimum Gasteiger partial charge on any atom is -0.366 e. The molecule has 0 unspecified atom stereocenters. The number of H-pyrrole nitrogens is 2. The molecule has 0 aliphatic rings. The molecule has 0 saturated carbocycles. The summed E-state index contributed by atoms with van der Waals surface area (Å²) in [6, 6.07) is 11.1. The van der Waals surface area contributed by atoms with Crippen molar-refractivity contribution in [1.29, 1.82) is 0 Å². The summed E-state index contributed by atoms with van der Waals surface area (Å²) < 4.78 is 0. The summed E-state index contributed by atoms with van der Waals surface area (Å²) in [5.74, 6) is -0.559. The Balaban J connectivity index is 2.25. The lowest BCUT2D eigenvalue weighted by Gasteiger charge is -2.04. The van der Waals surface area contributed by atoms with E-state index in [1.165, 1.54) is 6.07 Å². The second kappa shape index (κ2) is 4.38. The number of aromatic amines is 2. The van der Waals surface area contributed by atoms with Crippen molar-refractivity contribution in [3.8, 4) is 11.3 Å². The van der Waals surface area contributed by atoms with Gasteiger partial charge in [-0.15, -0.1) is 0 Å². The molecule has 0 aliphatic carbocycles. The Bertz CT molecular complexity index is 841. The third-order valence-electron chi connectivity index (χ3n) is 3.32. The molecular formula is C15H13N3O2. The number of nitrogens with two attached hydrogens (primary N) is 1. The molecule has 5 nitrogen and oxygen atoms in total. The average molecular weight is 267 g/mol. The normalized spacial score (nSPS) is 10.8. The maximum atomic E-state index is 12.1. The van der Waals surface area contributed by atoms with E-state index in [0.717, 1.165) is 10.9 Å². The van der Waals surface area contributed by atoms with Crippen LogP contribution in [0.1, 0.15) is 16.1 Å². The van der Waals surface area contributed by atoms with E-state index in [1.54, 1.807) is 6.92 Å². The van der Waals surface area contributed by atoms with Crippen LogP contribution in [0.4, 0.5) is 0 Å². The van der Waals surface area contributed by atoms with Crippen LogP contribution in [0.2, 0.25) is 0 Å². The molecule has 0 radical (unpaired) electrons. The van der Waals surface area contributed by atoms with Gasteiger partial charge in [-0.25, -0.2) is 0 Å². The molecule has 3 aromatic rings. The fraction of sp³-hybridized carbons (Fsp3) is 0.0667. The molecule has 5 heteroatoms. The standard InChI is InChI=1S/C15H13N3O2/c1-8-10(14(16)19)7-11(15(20)17-8)13-6-9-4-2-3-5-12(9)18-13/h2-7,18H,1H3,(H2,16,19)(H,17,20). The molecule has 2 heterocycles. The van der Waals surface area contributed by atoms with Crippen molar-refractivity contribution in [3.05, 3.63) is 58.0 Å². The average Bonchev–Trinajstić information content (AvgIpc) is 2.81. The molecule has 100 valence electrons. The van der Waals surface area contributed by atoms with Gasteiger partial charge in [0.05, 0.1) is 16.8 Å². The molecular weight excluding hydrogens is 254 g/mol. The summed E-state index contributed by atoms with van der Waals surface area (Å²) in [5, 5.41) is 1.00. The Hall–Kier alpha value is -2.82. The molecule has 0 atom stereocenters. The van der Waals surface area contributed by atoms with Gasteiger partial charge in [-0.05, 0) is 25.1 Å². The highest BCUT2D eigenvalue weighted by Crippen LogP contribution is 2.22. The van der Waals surface area contributed by atoms with Gasteiger partial charge in [0.2, 0.25) is 5.91 Å². The summed E-state index contributed by atoms with van der Waals surface area (Å²) in [5.41, 5.74) is 7.86. The fourth-order valence-corrected chi connectivity index (χ4v) is 2.30. The number of aromatic nitrogens is 2. The molecule has 4 N–H and O–H groups in total. The van der Waals surface area contributed by atoms with Gasteiger partial charge < -0.3 is 15.7 Å². The summed E-state index contributed by atoms with van der Waals surface area (Å²) in [6.45, 7) is 1.65. The second-order valence-electron chi connectivity index (χ2n) is 4.69. The van der Waals surface area contributed by atoms with Gasteiger partial charge in [0.15, 0.2) is 0 Å². The molecule has 1 aromatic carbocycles. The maximum absolute atomic E-state index is 12.1. The molecule has 1 amide bonds. The number of nitrogens with one attached hydrogen (secondary N) is 2. The van der Waals surface area contributed by atoms with Crippen LogP contribution in [0.5, 0.6) is 0 Å². The van der Waals surface area contributed by atoms with Crippen molar-refractivity contribution in [2.24, 2.45) is 5.73 Å². The minimum atomic E-state index is -0.559. The number of primary amides is 1. The zero-order valence-corrected chi connectivity index (χ0v) is 10.9. The first kappa shape index (κ1) is 12.2. The molecule has 0 saturated heterocycles. The number of amides is 1. The lowest BCUT2D eigenvalue weighted by atomic mass is 10.1. The lowest BCUT2D eigenvalue weighted by Crippen LogP contribution is -2.19. The summed E-state index contributed by atoms with van der Waals surface area (Å²) in [7, 11) is 0. The highest BCUT2D eigenvalue weighted by molar-refractivity contribution is 5.95. The second-order valence-corrected chi connectivity index (χ2v) is 4.69. The first-order valence-corrected chi connectivity index (χ1v) is 6.18. The number of carbonyl (C=O) groups is 1. The predicted octanol–water partition coefficient (Wildman–Crippen LogP) is 1.93. The van der Waals surface area contributed by atoms with Crippen LogP contribution in [-0.2, 0) is 0 Å². The van der Waals surface area contributed by atoms with Crippen molar-refractivity contribution in [2.45, 2.75) is 6.92 Å². The number of pyridine rings is 1. The number of hydrogen-bond donors (Lipinski definition) is 3. The fourth-order valence-electron chi connectivity index (χ4n) is 2.30. The molecule has 20 heavy (non-hydrogen) atoms. The number of rotatable bonds is 2. The molecule has 0 aliphatic heterocycles. The molecule has 2 aromatic heterocycles. The Labute approximate surface area is 114 Å². The predicted molar refractivity (Wildman–Crippen MR) is 77.6 cm³/mol. The van der Waals surface area contributed by atoms with Crippen LogP contribution in [-0.4, -0.2) is 15.9 Å². The van der Waals surface area contributed by atoms with Crippen LogP contribution >= 0.6 is 0 Å². The van der Waals surface area contributed by atoms with E-state index in [9.17, 15) is 9.59 Å². The zero-order valence-electron chi connectivity index (χ0n) is 10.9. The van der Waals surface area contributed by atoms with Gasteiger partial charge >= 0.3 is 0 Å². The summed E-state index contributed by atoms with van der Waals surface area (Å²) >= 11 is 0. The van der Waals surface area contributed by atoms with Crippen LogP contribution in [0.25, 0.3) is 22.2 Å². The van der Waals surface area contributed by atoms with Crippen molar-refractivity contribution in [1.82, 2.24) is 9.97 Å². The highest BCUT2D eigenvalue weighted by atomic mass is 16.1. The van der Waals surface area contributed by atoms with Gasteiger partial charge in [-0.1, -0.05) is 18.2 Å². The minimum absolute atomic E-state index is 0.251. The summed E-state index contributed by atoms with van der Waals surface area (Å²) in [6.07, 6.45) is 0. The topological polar surface area (TPSA) is 91.7 Å². The zero-order chi connectivity index (χ0) is 14.3. The smallest absolute Gasteiger partial charge is 0.257 e. The van der Waals surface area contributed by atoms with E-state index in [-0.39, 0.29) is 5.56 Å². The molecule has 0 spiro atoms. The van der Waals surface area contributed by atoms with Crippen LogP contribution in [0.3, 0.4) is 0 Å². The maximum Gasteiger partial charge on any atom is 0.257 e. The third-order valence-corrected chi connectivity index (χ3v) is 3.32. The van der Waals surface area contributed by atoms with Crippen LogP contribution in [0, 0.1) is 6.92 Å². The monoisotopic (exact) mass is 267 g/mol. The van der Waals surface area contributed by atoms with Gasteiger partial charge in [0.1, 0.15) is 0 Å². The highest BCUT2D eigenvalue weighted by Gasteiger charge is 2.13. The van der Waals surface area contributed by atoms with E-state index in [4.69, 9.17) is 5.73 Å².